The van der Waals surface area contributed by atoms with E-state index in [0.717, 1.165) is 17.7 Å². The first-order valence-corrected chi connectivity index (χ1v) is 5.18. The number of pyridine rings is 1. The van der Waals surface area contributed by atoms with E-state index in [2.05, 4.69) is 18.8 Å². The van der Waals surface area contributed by atoms with E-state index in [-0.39, 0.29) is 0 Å². The fourth-order valence-electron chi connectivity index (χ4n) is 1.37. The van der Waals surface area contributed by atoms with Crippen LogP contribution in [0.2, 0.25) is 0 Å². The van der Waals surface area contributed by atoms with E-state index in [9.17, 15) is 4.79 Å². The monoisotopic (exact) mass is 207 g/mol. The van der Waals surface area contributed by atoms with E-state index >= 15 is 0 Å². The number of nitrogens with zero attached hydrogens (tertiary/aromatic N) is 1. The van der Waals surface area contributed by atoms with Gasteiger partial charge in [-0.05, 0) is 30.9 Å². The van der Waals surface area contributed by atoms with Gasteiger partial charge in [0.25, 0.3) is 0 Å². The molecule has 1 atom stereocenters. The van der Waals surface area contributed by atoms with Crippen molar-refractivity contribution in [1.82, 2.24) is 4.98 Å². The minimum Gasteiger partial charge on any atom is -0.481 e. The highest BCUT2D eigenvalue weighted by molar-refractivity contribution is 5.75. The van der Waals surface area contributed by atoms with Crippen LogP contribution >= 0.6 is 0 Å². The van der Waals surface area contributed by atoms with Crippen molar-refractivity contribution in [3.8, 4) is 0 Å². The second-order valence-electron chi connectivity index (χ2n) is 4.24. The third-order valence-corrected chi connectivity index (χ3v) is 2.34. The van der Waals surface area contributed by atoms with Gasteiger partial charge in [0, 0.05) is 11.9 Å². The number of hydrogen-bond acceptors (Lipinski definition) is 2. The second kappa shape index (κ2) is 4.91. The summed E-state index contributed by atoms with van der Waals surface area (Å²) in [5.74, 6) is -0.723. The molecule has 1 N–H and O–H groups in total. The summed E-state index contributed by atoms with van der Waals surface area (Å²) in [6.45, 7) is 5.94. The number of carboxylic acids is 1. The lowest BCUT2D eigenvalue weighted by Crippen LogP contribution is -2.08. The molecule has 15 heavy (non-hydrogen) atoms. The molecule has 0 aromatic carbocycles. The van der Waals surface area contributed by atoms with Crippen molar-refractivity contribution in [3.05, 3.63) is 29.6 Å². The Hall–Kier alpha value is -1.38. The largest absolute Gasteiger partial charge is 0.481 e. The summed E-state index contributed by atoms with van der Waals surface area (Å²) >= 11 is 0. The molecule has 1 heterocycles. The fraction of sp³-hybridized carbons (Fsp3) is 0.500. The molecule has 0 saturated heterocycles. The maximum atomic E-state index is 10.7. The number of aliphatic carboxylic acids is 1. The number of carbonyl (C=O) groups is 1. The number of carboxylic acid groups (broad SMARTS) is 1. The molecule has 1 aromatic heterocycles. The molecule has 3 nitrogen and oxygen atoms in total. The summed E-state index contributed by atoms with van der Waals surface area (Å²) in [5.41, 5.74) is 1.78. The van der Waals surface area contributed by atoms with Crippen LogP contribution in [-0.4, -0.2) is 16.1 Å². The van der Waals surface area contributed by atoms with E-state index in [1.165, 1.54) is 0 Å². The van der Waals surface area contributed by atoms with Gasteiger partial charge in [0.2, 0.25) is 0 Å². The lowest BCUT2D eigenvalue weighted by atomic mass is 10.0. The van der Waals surface area contributed by atoms with Crippen molar-refractivity contribution in [2.45, 2.75) is 33.1 Å². The lowest BCUT2D eigenvalue weighted by molar-refractivity contribution is -0.138. The van der Waals surface area contributed by atoms with Gasteiger partial charge in [0.15, 0.2) is 0 Å². The van der Waals surface area contributed by atoms with Gasteiger partial charge in [-0.3, -0.25) is 9.78 Å². The first kappa shape index (κ1) is 11.7. The quantitative estimate of drug-likeness (QED) is 0.825. The van der Waals surface area contributed by atoms with Crippen molar-refractivity contribution < 1.29 is 9.90 Å². The molecule has 0 aliphatic heterocycles. The van der Waals surface area contributed by atoms with Gasteiger partial charge in [-0.1, -0.05) is 19.9 Å². The van der Waals surface area contributed by atoms with Crippen LogP contribution in [0.1, 0.15) is 37.9 Å². The van der Waals surface area contributed by atoms with Gasteiger partial charge in [0.1, 0.15) is 0 Å². The van der Waals surface area contributed by atoms with Crippen molar-refractivity contribution in [3.63, 3.8) is 0 Å². The maximum Gasteiger partial charge on any atom is 0.310 e. The summed E-state index contributed by atoms with van der Waals surface area (Å²) in [6, 6.07) is 3.76. The molecule has 0 aliphatic carbocycles. The van der Waals surface area contributed by atoms with E-state index in [0.29, 0.717) is 5.92 Å². The summed E-state index contributed by atoms with van der Waals surface area (Å²) in [7, 11) is 0. The van der Waals surface area contributed by atoms with Crippen LogP contribution < -0.4 is 0 Å². The molecular formula is C12H17NO2. The summed E-state index contributed by atoms with van der Waals surface area (Å²) in [4.78, 5) is 15.0. The highest BCUT2D eigenvalue weighted by Gasteiger charge is 2.13. The number of hydrogen-bond donors (Lipinski definition) is 1. The second-order valence-corrected chi connectivity index (χ2v) is 4.24. The molecular weight excluding hydrogens is 190 g/mol. The first-order chi connectivity index (χ1) is 7.00. The first-order valence-electron chi connectivity index (χ1n) is 5.18. The van der Waals surface area contributed by atoms with Crippen molar-refractivity contribution >= 4 is 5.97 Å². The standard InChI is InChI=1S/C12H17NO2/c1-8(2)6-11-5-4-10(7-13-11)9(3)12(14)15/h4-5,7-9H,6H2,1-3H3,(H,14,15). The van der Waals surface area contributed by atoms with Gasteiger partial charge in [-0.25, -0.2) is 0 Å². The van der Waals surface area contributed by atoms with Gasteiger partial charge < -0.3 is 5.11 Å². The SMILES string of the molecule is CC(C)Cc1ccc(C(C)C(=O)O)cn1. The molecule has 1 rings (SSSR count). The smallest absolute Gasteiger partial charge is 0.310 e. The van der Waals surface area contributed by atoms with Crippen LogP contribution in [-0.2, 0) is 11.2 Å². The van der Waals surface area contributed by atoms with Crippen molar-refractivity contribution in [2.75, 3.05) is 0 Å². The maximum absolute atomic E-state index is 10.7. The summed E-state index contributed by atoms with van der Waals surface area (Å²) < 4.78 is 0. The van der Waals surface area contributed by atoms with Crippen LogP contribution in [0, 0.1) is 5.92 Å². The average Bonchev–Trinajstić information content (AvgIpc) is 2.17. The number of aromatic nitrogens is 1. The Kier molecular flexibility index (Phi) is 3.83. The predicted molar refractivity (Wildman–Crippen MR) is 58.8 cm³/mol. The van der Waals surface area contributed by atoms with E-state index in [1.807, 2.05) is 12.1 Å². The van der Waals surface area contributed by atoms with Crippen molar-refractivity contribution in [1.29, 1.82) is 0 Å². The number of rotatable bonds is 4. The highest BCUT2D eigenvalue weighted by Crippen LogP contribution is 2.15. The van der Waals surface area contributed by atoms with Crippen molar-refractivity contribution in [2.24, 2.45) is 5.92 Å². The summed E-state index contributed by atoms with van der Waals surface area (Å²) in [6.07, 6.45) is 2.60. The Morgan fingerprint density at radius 2 is 2.07 bits per heavy atom. The third kappa shape index (κ3) is 3.35. The molecule has 0 spiro atoms. The lowest BCUT2D eigenvalue weighted by Gasteiger charge is -2.08. The molecule has 1 aromatic rings. The van der Waals surface area contributed by atoms with Gasteiger partial charge in [-0.2, -0.15) is 0 Å². The normalized spacial score (nSPS) is 12.8. The zero-order chi connectivity index (χ0) is 11.4. The Morgan fingerprint density at radius 1 is 1.40 bits per heavy atom. The molecule has 0 fully saturated rings. The molecule has 1 unspecified atom stereocenters. The van der Waals surface area contributed by atoms with E-state index in [1.54, 1.807) is 13.1 Å². The molecule has 0 saturated carbocycles. The minimum atomic E-state index is -0.812. The van der Waals surface area contributed by atoms with Gasteiger partial charge >= 0.3 is 5.97 Å². The van der Waals surface area contributed by atoms with Crippen LogP contribution in [0.4, 0.5) is 0 Å². The van der Waals surface area contributed by atoms with Crippen LogP contribution in [0.5, 0.6) is 0 Å². The average molecular weight is 207 g/mol. The Bertz CT molecular complexity index is 330. The van der Waals surface area contributed by atoms with Crippen LogP contribution in [0.3, 0.4) is 0 Å². The molecule has 0 radical (unpaired) electrons. The van der Waals surface area contributed by atoms with Crippen LogP contribution in [0.25, 0.3) is 0 Å². The Morgan fingerprint density at radius 3 is 2.47 bits per heavy atom. The van der Waals surface area contributed by atoms with Gasteiger partial charge in [-0.15, -0.1) is 0 Å². The molecule has 82 valence electrons. The third-order valence-electron chi connectivity index (χ3n) is 2.34. The highest BCUT2D eigenvalue weighted by atomic mass is 16.4. The molecule has 3 heteroatoms. The zero-order valence-corrected chi connectivity index (χ0v) is 9.40. The van der Waals surface area contributed by atoms with E-state index < -0.39 is 11.9 Å². The fourth-order valence-corrected chi connectivity index (χ4v) is 1.37. The van der Waals surface area contributed by atoms with Crippen LogP contribution in [0.15, 0.2) is 18.3 Å². The zero-order valence-electron chi connectivity index (χ0n) is 9.40. The van der Waals surface area contributed by atoms with Gasteiger partial charge in [0.05, 0.1) is 5.92 Å². The molecule has 0 amide bonds. The Balaban J connectivity index is 2.76. The minimum absolute atomic E-state index is 0.481. The summed E-state index contributed by atoms with van der Waals surface area (Å²) in [5, 5.41) is 8.82. The van der Waals surface area contributed by atoms with E-state index in [4.69, 9.17) is 5.11 Å². The molecule has 0 bridgehead atoms. The Labute approximate surface area is 90.2 Å². The topological polar surface area (TPSA) is 50.2 Å². The molecule has 0 aliphatic rings. The predicted octanol–water partition coefficient (Wildman–Crippen LogP) is 2.47.